The van der Waals surface area contributed by atoms with E-state index >= 15 is 0 Å². The molecule has 0 spiro atoms. The summed E-state index contributed by atoms with van der Waals surface area (Å²) in [7, 11) is 0. The fraction of sp³-hybridized carbons (Fsp3) is 0.350. The summed E-state index contributed by atoms with van der Waals surface area (Å²) in [5, 5.41) is 2.61. The minimum absolute atomic E-state index is 0.0722. The monoisotopic (exact) mass is 402 g/mol. The maximum absolute atomic E-state index is 12.4. The molecule has 1 aliphatic rings. The molecular weight excluding hydrogens is 380 g/mol. The first-order valence-corrected chi connectivity index (χ1v) is 10.1. The second-order valence-electron chi connectivity index (χ2n) is 6.30. The van der Waals surface area contributed by atoms with Crippen LogP contribution in [0.3, 0.4) is 0 Å². The predicted octanol–water partition coefficient (Wildman–Crippen LogP) is 2.47. The van der Waals surface area contributed by atoms with Crippen LogP contribution in [0.1, 0.15) is 29.0 Å². The second-order valence-corrected chi connectivity index (χ2v) is 7.32. The van der Waals surface area contributed by atoms with Crippen molar-refractivity contribution in [2.75, 3.05) is 25.4 Å². The largest absolute Gasteiger partial charge is 0.467 e. The predicted molar refractivity (Wildman–Crippen MR) is 104 cm³/mol. The van der Waals surface area contributed by atoms with Crippen molar-refractivity contribution < 1.29 is 23.5 Å². The van der Waals surface area contributed by atoms with Crippen LogP contribution in [-0.2, 0) is 20.9 Å². The van der Waals surface area contributed by atoms with E-state index in [1.165, 1.54) is 18.0 Å². The van der Waals surface area contributed by atoms with Crippen molar-refractivity contribution in [3.8, 4) is 0 Å². The lowest BCUT2D eigenvalue weighted by Crippen LogP contribution is -2.29. The number of esters is 1. The number of benzene rings is 1. The Kier molecular flexibility index (Phi) is 7.13. The fourth-order valence-electron chi connectivity index (χ4n) is 2.82. The van der Waals surface area contributed by atoms with Gasteiger partial charge in [0.05, 0.1) is 24.1 Å². The second kappa shape index (κ2) is 9.98. The standard InChI is InChI=1S/C20H22N2O5S/c23-18(21-12-15-6-5-11-26-15)13-27-20(25)16-7-1-2-8-17(16)28-14-19(24)22-9-3-4-10-22/h1-2,5-8,11H,3-4,9-10,12-14H2,(H,21,23). The van der Waals surface area contributed by atoms with Gasteiger partial charge in [0.2, 0.25) is 5.91 Å². The Hall–Kier alpha value is -2.74. The summed E-state index contributed by atoms with van der Waals surface area (Å²) < 4.78 is 10.2. The first kappa shape index (κ1) is 20.0. The number of nitrogens with zero attached hydrogens (tertiary/aromatic N) is 1. The summed E-state index contributed by atoms with van der Waals surface area (Å²) in [4.78, 5) is 38.9. The molecule has 8 heteroatoms. The SMILES string of the molecule is O=C(COC(=O)c1ccccc1SCC(=O)N1CCCC1)NCc1ccco1. The van der Waals surface area contributed by atoms with Gasteiger partial charge in [0.15, 0.2) is 6.61 Å². The number of carbonyl (C=O) groups is 3. The van der Waals surface area contributed by atoms with E-state index < -0.39 is 11.9 Å². The summed E-state index contributed by atoms with van der Waals surface area (Å²) in [6.45, 7) is 1.45. The van der Waals surface area contributed by atoms with E-state index in [0.717, 1.165) is 25.9 Å². The van der Waals surface area contributed by atoms with Crippen LogP contribution >= 0.6 is 11.8 Å². The van der Waals surface area contributed by atoms with Gasteiger partial charge in [-0.2, -0.15) is 0 Å². The molecule has 28 heavy (non-hydrogen) atoms. The number of thioether (sulfide) groups is 1. The van der Waals surface area contributed by atoms with Gasteiger partial charge in [0.25, 0.3) is 5.91 Å². The van der Waals surface area contributed by atoms with Gasteiger partial charge in [-0.1, -0.05) is 12.1 Å². The van der Waals surface area contributed by atoms with Gasteiger partial charge in [-0.05, 0) is 37.1 Å². The lowest BCUT2D eigenvalue weighted by Gasteiger charge is -2.15. The van der Waals surface area contributed by atoms with Crippen molar-refractivity contribution in [1.82, 2.24) is 10.2 Å². The molecule has 1 aromatic heterocycles. The molecule has 0 atom stereocenters. The van der Waals surface area contributed by atoms with Crippen LogP contribution in [0, 0.1) is 0 Å². The average molecular weight is 402 g/mol. The topological polar surface area (TPSA) is 88.9 Å². The van der Waals surface area contributed by atoms with E-state index in [0.29, 0.717) is 16.2 Å². The third-order valence-electron chi connectivity index (χ3n) is 4.29. The molecule has 2 heterocycles. The molecular formula is C20H22N2O5S. The van der Waals surface area contributed by atoms with E-state index in [1.54, 1.807) is 36.4 Å². The summed E-state index contributed by atoms with van der Waals surface area (Å²) >= 11 is 1.31. The third-order valence-corrected chi connectivity index (χ3v) is 5.35. The zero-order valence-electron chi connectivity index (χ0n) is 15.4. The van der Waals surface area contributed by atoms with Crippen LogP contribution < -0.4 is 5.32 Å². The molecule has 1 aromatic carbocycles. The first-order valence-electron chi connectivity index (χ1n) is 9.09. The lowest BCUT2D eigenvalue weighted by molar-refractivity contribution is -0.127. The van der Waals surface area contributed by atoms with Gasteiger partial charge in [0, 0.05) is 18.0 Å². The zero-order chi connectivity index (χ0) is 19.8. The number of carbonyl (C=O) groups excluding carboxylic acids is 3. The maximum atomic E-state index is 12.4. The number of likely N-dealkylation sites (tertiary alicyclic amines) is 1. The van der Waals surface area contributed by atoms with Gasteiger partial charge in [0.1, 0.15) is 5.76 Å². The summed E-state index contributed by atoms with van der Waals surface area (Å²) in [5.74, 6) is -0.0514. The Morgan fingerprint density at radius 3 is 2.64 bits per heavy atom. The molecule has 0 radical (unpaired) electrons. The molecule has 148 valence electrons. The van der Waals surface area contributed by atoms with E-state index in [2.05, 4.69) is 5.32 Å². The van der Waals surface area contributed by atoms with E-state index in [9.17, 15) is 14.4 Å². The fourth-order valence-corrected chi connectivity index (χ4v) is 3.76. The zero-order valence-corrected chi connectivity index (χ0v) is 16.2. The van der Waals surface area contributed by atoms with Gasteiger partial charge in [-0.3, -0.25) is 9.59 Å². The van der Waals surface area contributed by atoms with Crippen molar-refractivity contribution in [3.63, 3.8) is 0 Å². The Morgan fingerprint density at radius 1 is 1.11 bits per heavy atom. The molecule has 7 nitrogen and oxygen atoms in total. The number of furan rings is 1. The quantitative estimate of drug-likeness (QED) is 0.539. The third kappa shape index (κ3) is 5.63. The number of rotatable bonds is 8. The Bertz CT molecular complexity index is 816. The van der Waals surface area contributed by atoms with Crippen molar-refractivity contribution in [1.29, 1.82) is 0 Å². The summed E-state index contributed by atoms with van der Waals surface area (Å²) in [6, 6.07) is 10.4. The van der Waals surface area contributed by atoms with Gasteiger partial charge < -0.3 is 19.4 Å². The highest BCUT2D eigenvalue weighted by atomic mass is 32.2. The Morgan fingerprint density at radius 2 is 1.89 bits per heavy atom. The molecule has 3 rings (SSSR count). The molecule has 1 fully saturated rings. The molecule has 1 N–H and O–H groups in total. The van der Waals surface area contributed by atoms with Gasteiger partial charge >= 0.3 is 5.97 Å². The van der Waals surface area contributed by atoms with Crippen LogP contribution in [0.4, 0.5) is 0 Å². The average Bonchev–Trinajstić information content (AvgIpc) is 3.43. The van der Waals surface area contributed by atoms with E-state index in [-0.39, 0.29) is 24.8 Å². The van der Waals surface area contributed by atoms with E-state index in [1.807, 2.05) is 4.90 Å². The van der Waals surface area contributed by atoms with Crippen LogP contribution in [0.5, 0.6) is 0 Å². The minimum atomic E-state index is -0.593. The number of nitrogens with one attached hydrogen (secondary N) is 1. The molecule has 0 bridgehead atoms. The molecule has 0 aliphatic carbocycles. The van der Waals surface area contributed by atoms with Crippen molar-refractivity contribution in [3.05, 3.63) is 54.0 Å². The summed E-state index contributed by atoms with van der Waals surface area (Å²) in [5.41, 5.74) is 0.348. The number of hydrogen-bond acceptors (Lipinski definition) is 6. The van der Waals surface area contributed by atoms with Crippen molar-refractivity contribution >= 4 is 29.5 Å². The molecule has 1 aliphatic heterocycles. The molecule has 2 amide bonds. The summed E-state index contributed by atoms with van der Waals surface area (Å²) in [6.07, 6.45) is 3.60. The Labute approximate surface area is 167 Å². The lowest BCUT2D eigenvalue weighted by atomic mass is 10.2. The molecule has 0 saturated carbocycles. The normalized spacial score (nSPS) is 13.4. The minimum Gasteiger partial charge on any atom is -0.467 e. The highest BCUT2D eigenvalue weighted by molar-refractivity contribution is 8.00. The molecule has 2 aromatic rings. The van der Waals surface area contributed by atoms with Crippen molar-refractivity contribution in [2.24, 2.45) is 0 Å². The van der Waals surface area contributed by atoms with Crippen LogP contribution in [0.15, 0.2) is 52.0 Å². The van der Waals surface area contributed by atoms with Gasteiger partial charge in [-0.25, -0.2) is 4.79 Å². The number of ether oxygens (including phenoxy) is 1. The number of hydrogen-bond donors (Lipinski definition) is 1. The van der Waals surface area contributed by atoms with E-state index in [4.69, 9.17) is 9.15 Å². The number of amides is 2. The maximum Gasteiger partial charge on any atom is 0.339 e. The Balaban J connectivity index is 1.49. The van der Waals surface area contributed by atoms with Crippen LogP contribution in [-0.4, -0.2) is 48.1 Å². The first-order chi connectivity index (χ1) is 13.6. The van der Waals surface area contributed by atoms with Gasteiger partial charge in [-0.15, -0.1) is 11.8 Å². The highest BCUT2D eigenvalue weighted by Crippen LogP contribution is 2.24. The van der Waals surface area contributed by atoms with Crippen LogP contribution in [0.25, 0.3) is 0 Å². The van der Waals surface area contributed by atoms with Crippen molar-refractivity contribution in [2.45, 2.75) is 24.3 Å². The smallest absolute Gasteiger partial charge is 0.339 e. The van der Waals surface area contributed by atoms with Crippen LogP contribution in [0.2, 0.25) is 0 Å². The molecule has 1 saturated heterocycles. The molecule has 0 unspecified atom stereocenters. The highest BCUT2D eigenvalue weighted by Gasteiger charge is 2.20.